The fraction of sp³-hybridized carbons (Fsp3) is 0.278. The molecule has 0 heterocycles. The van der Waals surface area contributed by atoms with Crippen molar-refractivity contribution in [2.24, 2.45) is 0 Å². The van der Waals surface area contributed by atoms with Gasteiger partial charge in [-0.15, -0.1) is 11.8 Å². The maximum atomic E-state index is 11.0. The first kappa shape index (κ1) is 16.6. The molecule has 0 fully saturated rings. The lowest BCUT2D eigenvalue weighted by molar-refractivity contribution is 0.0505. The Balaban J connectivity index is 2.20. The van der Waals surface area contributed by atoms with Gasteiger partial charge in [0.1, 0.15) is 12.0 Å². The van der Waals surface area contributed by atoms with Crippen molar-refractivity contribution in [2.75, 3.05) is 19.7 Å². The van der Waals surface area contributed by atoms with Crippen LogP contribution in [0.3, 0.4) is 0 Å². The van der Waals surface area contributed by atoms with Crippen LogP contribution >= 0.6 is 11.8 Å². The van der Waals surface area contributed by atoms with Crippen molar-refractivity contribution in [1.82, 2.24) is 0 Å². The van der Waals surface area contributed by atoms with Crippen LogP contribution in [0, 0.1) is 0 Å². The summed E-state index contributed by atoms with van der Waals surface area (Å²) < 4.78 is 10.5. The van der Waals surface area contributed by atoms with Crippen molar-refractivity contribution < 1.29 is 14.3 Å². The summed E-state index contributed by atoms with van der Waals surface area (Å²) in [4.78, 5) is 12.3. The number of thioether (sulfide) groups is 1. The van der Waals surface area contributed by atoms with E-state index in [1.54, 1.807) is 13.2 Å². The number of rotatable bonds is 8. The van der Waals surface area contributed by atoms with E-state index in [2.05, 4.69) is 31.2 Å². The van der Waals surface area contributed by atoms with Gasteiger partial charge < -0.3 is 9.47 Å². The summed E-state index contributed by atoms with van der Waals surface area (Å²) >= 11 is 1.82. The second-order valence-corrected chi connectivity index (χ2v) is 6.13. The molecule has 4 heteroatoms. The fourth-order valence-electron chi connectivity index (χ4n) is 2.16. The summed E-state index contributed by atoms with van der Waals surface area (Å²) in [5.74, 6) is 1.81. The van der Waals surface area contributed by atoms with E-state index in [0.29, 0.717) is 5.56 Å². The van der Waals surface area contributed by atoms with Crippen LogP contribution < -0.4 is 4.74 Å². The molecule has 0 spiro atoms. The molecule has 0 amide bonds. The van der Waals surface area contributed by atoms with Crippen molar-refractivity contribution in [1.29, 1.82) is 0 Å². The molecule has 0 aromatic heterocycles. The number of carbonyl (C=O) groups is 1. The standard InChI is InChI=1S/C18H20O3S/c1-3-22-17-7-4-14(5-8-17)10-16-11-15(12-19)6-9-18(16)21-13-20-2/h4-9,11-12H,3,10,13H2,1-2H3. The lowest BCUT2D eigenvalue weighted by atomic mass is 10.0. The second kappa shape index (κ2) is 8.61. The number of hydrogen-bond donors (Lipinski definition) is 0. The lowest BCUT2D eigenvalue weighted by Crippen LogP contribution is -2.03. The number of ether oxygens (including phenoxy) is 2. The minimum Gasteiger partial charge on any atom is -0.467 e. The average Bonchev–Trinajstić information content (AvgIpc) is 2.55. The van der Waals surface area contributed by atoms with E-state index in [-0.39, 0.29) is 6.79 Å². The highest BCUT2D eigenvalue weighted by molar-refractivity contribution is 7.99. The van der Waals surface area contributed by atoms with Crippen LogP contribution in [0.2, 0.25) is 0 Å². The van der Waals surface area contributed by atoms with Gasteiger partial charge in [0.15, 0.2) is 6.79 Å². The molecule has 22 heavy (non-hydrogen) atoms. The van der Waals surface area contributed by atoms with Crippen LogP contribution in [0.15, 0.2) is 47.4 Å². The highest BCUT2D eigenvalue weighted by Gasteiger charge is 2.07. The molecular formula is C18H20O3S. The predicted molar refractivity (Wildman–Crippen MR) is 90.0 cm³/mol. The third kappa shape index (κ3) is 4.61. The van der Waals surface area contributed by atoms with E-state index in [4.69, 9.17) is 9.47 Å². The zero-order valence-corrected chi connectivity index (χ0v) is 13.7. The summed E-state index contributed by atoms with van der Waals surface area (Å²) in [6, 6.07) is 13.9. The van der Waals surface area contributed by atoms with Crippen molar-refractivity contribution >= 4 is 18.0 Å². The van der Waals surface area contributed by atoms with Crippen LogP contribution in [-0.2, 0) is 11.2 Å². The molecule has 0 saturated heterocycles. The molecule has 2 rings (SSSR count). The lowest BCUT2D eigenvalue weighted by Gasteiger charge is -2.12. The molecule has 0 saturated carbocycles. The molecule has 3 nitrogen and oxygen atoms in total. The number of methoxy groups -OCH3 is 1. The van der Waals surface area contributed by atoms with Gasteiger partial charge in [-0.25, -0.2) is 0 Å². The highest BCUT2D eigenvalue weighted by Crippen LogP contribution is 2.24. The summed E-state index contributed by atoms with van der Waals surface area (Å²) in [5, 5.41) is 0. The number of benzene rings is 2. The van der Waals surface area contributed by atoms with Crippen molar-refractivity contribution in [3.05, 3.63) is 59.2 Å². The van der Waals surface area contributed by atoms with Gasteiger partial charge >= 0.3 is 0 Å². The van der Waals surface area contributed by atoms with E-state index in [9.17, 15) is 4.79 Å². The van der Waals surface area contributed by atoms with Gasteiger partial charge in [0.25, 0.3) is 0 Å². The molecule has 0 unspecified atom stereocenters. The first-order chi connectivity index (χ1) is 10.8. The summed E-state index contributed by atoms with van der Waals surface area (Å²) in [5.41, 5.74) is 2.82. The molecule has 0 N–H and O–H groups in total. The van der Waals surface area contributed by atoms with E-state index in [1.807, 2.05) is 23.9 Å². The van der Waals surface area contributed by atoms with Crippen LogP contribution in [0.5, 0.6) is 5.75 Å². The van der Waals surface area contributed by atoms with Gasteiger partial charge in [-0.2, -0.15) is 0 Å². The molecule has 0 atom stereocenters. The fourth-order valence-corrected chi connectivity index (χ4v) is 2.83. The SMILES string of the molecule is CCSc1ccc(Cc2cc(C=O)ccc2OCOC)cc1. The smallest absolute Gasteiger partial charge is 0.188 e. The Morgan fingerprint density at radius 1 is 1.14 bits per heavy atom. The number of hydrogen-bond acceptors (Lipinski definition) is 4. The Kier molecular flexibility index (Phi) is 6.49. The Morgan fingerprint density at radius 3 is 2.55 bits per heavy atom. The molecule has 2 aromatic carbocycles. The van der Waals surface area contributed by atoms with Crippen molar-refractivity contribution in [3.8, 4) is 5.75 Å². The molecule has 116 valence electrons. The molecular weight excluding hydrogens is 296 g/mol. The monoisotopic (exact) mass is 316 g/mol. The largest absolute Gasteiger partial charge is 0.467 e. The summed E-state index contributed by atoms with van der Waals surface area (Å²) in [6.45, 7) is 2.34. The normalized spacial score (nSPS) is 10.5. The van der Waals surface area contributed by atoms with Gasteiger partial charge in [-0.1, -0.05) is 19.1 Å². The van der Waals surface area contributed by atoms with E-state index >= 15 is 0 Å². The molecule has 0 aliphatic carbocycles. The predicted octanol–water partition coefficient (Wildman–Crippen LogP) is 4.18. The average molecular weight is 316 g/mol. The minimum absolute atomic E-state index is 0.194. The Bertz CT molecular complexity index is 608. The highest BCUT2D eigenvalue weighted by atomic mass is 32.2. The summed E-state index contributed by atoms with van der Waals surface area (Å²) in [7, 11) is 1.59. The van der Waals surface area contributed by atoms with Gasteiger partial charge in [0.2, 0.25) is 0 Å². The third-order valence-corrected chi connectivity index (χ3v) is 4.08. The van der Waals surface area contributed by atoms with Crippen LogP contribution in [0.25, 0.3) is 0 Å². The molecule has 0 aliphatic rings. The Hall–Kier alpha value is -1.78. The third-order valence-electron chi connectivity index (χ3n) is 3.18. The first-order valence-electron chi connectivity index (χ1n) is 7.18. The van der Waals surface area contributed by atoms with E-state index in [0.717, 1.165) is 29.8 Å². The topological polar surface area (TPSA) is 35.5 Å². The van der Waals surface area contributed by atoms with Crippen LogP contribution in [0.1, 0.15) is 28.4 Å². The van der Waals surface area contributed by atoms with Crippen molar-refractivity contribution in [3.63, 3.8) is 0 Å². The summed E-state index contributed by atoms with van der Waals surface area (Å²) in [6.07, 6.45) is 1.57. The maximum absolute atomic E-state index is 11.0. The van der Waals surface area contributed by atoms with Crippen molar-refractivity contribution in [2.45, 2.75) is 18.2 Å². The Morgan fingerprint density at radius 2 is 1.91 bits per heavy atom. The molecule has 0 radical (unpaired) electrons. The minimum atomic E-state index is 0.194. The number of carbonyl (C=O) groups excluding carboxylic acids is 1. The van der Waals surface area contributed by atoms with E-state index in [1.165, 1.54) is 10.5 Å². The molecule has 0 bridgehead atoms. The zero-order valence-electron chi connectivity index (χ0n) is 12.9. The number of aldehydes is 1. The van der Waals surface area contributed by atoms with E-state index < -0.39 is 0 Å². The van der Waals surface area contributed by atoms with Gasteiger partial charge in [-0.3, -0.25) is 4.79 Å². The van der Waals surface area contributed by atoms with Crippen LogP contribution in [-0.4, -0.2) is 25.9 Å². The Labute approximate surface area is 135 Å². The van der Waals surface area contributed by atoms with Gasteiger partial charge in [0, 0.05) is 24.0 Å². The zero-order chi connectivity index (χ0) is 15.8. The van der Waals surface area contributed by atoms with Gasteiger partial charge in [0.05, 0.1) is 0 Å². The quantitative estimate of drug-likeness (QED) is 0.416. The second-order valence-electron chi connectivity index (χ2n) is 4.79. The maximum Gasteiger partial charge on any atom is 0.188 e. The first-order valence-corrected chi connectivity index (χ1v) is 8.17. The molecule has 0 aliphatic heterocycles. The van der Waals surface area contributed by atoms with Crippen LogP contribution in [0.4, 0.5) is 0 Å². The van der Waals surface area contributed by atoms with Gasteiger partial charge in [-0.05, 0) is 47.2 Å². The molecule has 2 aromatic rings.